The summed E-state index contributed by atoms with van der Waals surface area (Å²) in [6, 6.07) is 20.5. The lowest BCUT2D eigenvalue weighted by Crippen LogP contribution is -2.24. The summed E-state index contributed by atoms with van der Waals surface area (Å²) in [5.74, 6) is -0.668. The number of rotatable bonds is 7. The Labute approximate surface area is 179 Å². The van der Waals surface area contributed by atoms with Crippen molar-refractivity contribution in [3.63, 3.8) is 0 Å². The maximum Gasteiger partial charge on any atom is 0.255 e. The van der Waals surface area contributed by atoms with Gasteiger partial charge in [-0.2, -0.15) is 0 Å². The van der Waals surface area contributed by atoms with E-state index in [2.05, 4.69) is 10.6 Å². The van der Waals surface area contributed by atoms with Gasteiger partial charge in [-0.15, -0.1) is 11.8 Å². The van der Waals surface area contributed by atoms with Crippen LogP contribution in [0.1, 0.15) is 29.3 Å². The average Bonchev–Trinajstić information content (AvgIpc) is 2.74. The van der Waals surface area contributed by atoms with Crippen molar-refractivity contribution in [1.82, 2.24) is 0 Å². The molecule has 1 unspecified atom stereocenters. The highest BCUT2D eigenvalue weighted by atomic mass is 32.2. The number of hydrogen-bond donors (Lipinski definition) is 2. The molecular weight excluding hydrogens is 399 g/mol. The number of carbonyl (C=O) groups excluding carboxylic acids is 2. The van der Waals surface area contributed by atoms with E-state index in [1.54, 1.807) is 6.07 Å². The maximum atomic E-state index is 13.0. The molecule has 0 saturated heterocycles. The summed E-state index contributed by atoms with van der Waals surface area (Å²) in [6.45, 7) is 3.83. The summed E-state index contributed by atoms with van der Waals surface area (Å²) >= 11 is 1.42. The highest BCUT2D eigenvalue weighted by Crippen LogP contribution is 2.29. The predicted molar refractivity (Wildman–Crippen MR) is 121 cm³/mol. The molecule has 0 heterocycles. The van der Waals surface area contributed by atoms with Crippen molar-refractivity contribution in [3.05, 3.63) is 89.7 Å². The third-order valence-corrected chi connectivity index (χ3v) is 5.89. The molecule has 0 fully saturated rings. The van der Waals surface area contributed by atoms with Crippen molar-refractivity contribution in [2.75, 3.05) is 10.6 Å². The Bertz CT molecular complexity index is 1040. The van der Waals surface area contributed by atoms with E-state index in [-0.39, 0.29) is 22.9 Å². The molecule has 154 valence electrons. The second-order valence-electron chi connectivity index (χ2n) is 6.81. The predicted octanol–water partition coefficient (Wildman–Crippen LogP) is 5.90. The number of nitrogens with one attached hydrogen (secondary N) is 2. The molecule has 0 bridgehead atoms. The summed E-state index contributed by atoms with van der Waals surface area (Å²) in [5, 5.41) is 5.41. The van der Waals surface area contributed by atoms with Crippen LogP contribution in [0.15, 0.2) is 77.7 Å². The first-order valence-electron chi connectivity index (χ1n) is 9.66. The van der Waals surface area contributed by atoms with E-state index in [0.29, 0.717) is 23.4 Å². The zero-order chi connectivity index (χ0) is 21.5. The van der Waals surface area contributed by atoms with Gasteiger partial charge in [0.05, 0.1) is 5.25 Å². The Hall–Kier alpha value is -3.12. The molecule has 0 aliphatic rings. The molecule has 2 amide bonds. The van der Waals surface area contributed by atoms with Crippen LogP contribution in [0.4, 0.5) is 15.8 Å². The van der Waals surface area contributed by atoms with Crippen molar-refractivity contribution in [1.29, 1.82) is 0 Å². The smallest absolute Gasteiger partial charge is 0.255 e. The minimum atomic E-state index is -0.348. The number of halogens is 1. The molecule has 0 aliphatic heterocycles. The number of hydrogen-bond acceptors (Lipinski definition) is 3. The monoisotopic (exact) mass is 422 g/mol. The fourth-order valence-electron chi connectivity index (χ4n) is 2.92. The quantitative estimate of drug-likeness (QED) is 0.466. The highest BCUT2D eigenvalue weighted by molar-refractivity contribution is 8.00. The van der Waals surface area contributed by atoms with E-state index in [0.717, 1.165) is 10.5 Å². The van der Waals surface area contributed by atoms with Gasteiger partial charge in [0.25, 0.3) is 5.91 Å². The Kier molecular flexibility index (Phi) is 7.25. The molecule has 0 radical (unpaired) electrons. The molecule has 0 aromatic heterocycles. The van der Waals surface area contributed by atoms with E-state index in [1.807, 2.05) is 56.3 Å². The van der Waals surface area contributed by atoms with E-state index in [1.165, 1.54) is 36.0 Å². The second kappa shape index (κ2) is 10.1. The fraction of sp³-hybridized carbons (Fsp3) is 0.167. The van der Waals surface area contributed by atoms with Gasteiger partial charge in [-0.3, -0.25) is 9.59 Å². The Morgan fingerprint density at radius 3 is 2.37 bits per heavy atom. The van der Waals surface area contributed by atoms with Crippen LogP contribution < -0.4 is 10.6 Å². The molecule has 1 atom stereocenters. The highest BCUT2D eigenvalue weighted by Gasteiger charge is 2.18. The van der Waals surface area contributed by atoms with E-state index in [9.17, 15) is 14.0 Å². The number of aryl methyl sites for hydroxylation is 1. The van der Waals surface area contributed by atoms with Crippen LogP contribution in [0.3, 0.4) is 0 Å². The van der Waals surface area contributed by atoms with Crippen molar-refractivity contribution < 1.29 is 14.0 Å². The molecule has 30 heavy (non-hydrogen) atoms. The van der Waals surface area contributed by atoms with Crippen LogP contribution in [-0.4, -0.2) is 17.1 Å². The summed E-state index contributed by atoms with van der Waals surface area (Å²) in [4.78, 5) is 26.0. The molecule has 6 heteroatoms. The molecule has 2 N–H and O–H groups in total. The first-order chi connectivity index (χ1) is 14.5. The van der Waals surface area contributed by atoms with Gasteiger partial charge in [-0.25, -0.2) is 4.39 Å². The van der Waals surface area contributed by atoms with Gasteiger partial charge in [0, 0.05) is 21.8 Å². The van der Waals surface area contributed by atoms with E-state index >= 15 is 0 Å². The largest absolute Gasteiger partial charge is 0.325 e. The van der Waals surface area contributed by atoms with E-state index < -0.39 is 0 Å². The van der Waals surface area contributed by atoms with Gasteiger partial charge in [0.2, 0.25) is 5.91 Å². The number of anilines is 2. The van der Waals surface area contributed by atoms with Crippen molar-refractivity contribution in [2.24, 2.45) is 0 Å². The summed E-state index contributed by atoms with van der Waals surface area (Å²) < 4.78 is 13.0. The lowest BCUT2D eigenvalue weighted by Gasteiger charge is -2.15. The minimum Gasteiger partial charge on any atom is -0.325 e. The van der Waals surface area contributed by atoms with Gasteiger partial charge < -0.3 is 10.6 Å². The van der Waals surface area contributed by atoms with Crippen molar-refractivity contribution >= 4 is 35.0 Å². The van der Waals surface area contributed by atoms with Gasteiger partial charge in [0.15, 0.2) is 0 Å². The molecule has 3 rings (SSSR count). The van der Waals surface area contributed by atoms with Crippen LogP contribution in [0.2, 0.25) is 0 Å². The number of amides is 2. The van der Waals surface area contributed by atoms with Crippen LogP contribution in [-0.2, 0) is 4.79 Å². The molecule has 3 aromatic carbocycles. The van der Waals surface area contributed by atoms with Crippen LogP contribution >= 0.6 is 11.8 Å². The number of thioether (sulfide) groups is 1. The number of carbonyl (C=O) groups is 2. The summed E-state index contributed by atoms with van der Waals surface area (Å²) in [5.41, 5.74) is 2.76. The van der Waals surface area contributed by atoms with Crippen molar-refractivity contribution in [2.45, 2.75) is 30.4 Å². The summed E-state index contributed by atoms with van der Waals surface area (Å²) in [6.07, 6.45) is 0.623. The lowest BCUT2D eigenvalue weighted by atomic mass is 10.1. The van der Waals surface area contributed by atoms with Gasteiger partial charge in [0.1, 0.15) is 5.82 Å². The fourth-order valence-corrected chi connectivity index (χ4v) is 3.93. The average molecular weight is 423 g/mol. The van der Waals surface area contributed by atoms with Gasteiger partial charge in [-0.05, 0) is 67.4 Å². The molecule has 3 aromatic rings. The van der Waals surface area contributed by atoms with Crippen molar-refractivity contribution in [3.8, 4) is 0 Å². The topological polar surface area (TPSA) is 58.2 Å². The second-order valence-corrected chi connectivity index (χ2v) is 8.08. The SMILES string of the molecule is CCC(Sc1cccc(NC(=O)c2ccccc2C)c1)C(=O)Nc1ccc(F)cc1. The molecule has 0 saturated carbocycles. The maximum absolute atomic E-state index is 13.0. The standard InChI is InChI=1S/C24H23FN2O2S/c1-3-22(24(29)26-18-13-11-17(25)12-14-18)30-20-9-6-8-19(15-20)27-23(28)21-10-5-4-7-16(21)2/h4-15,22H,3H2,1-2H3,(H,26,29)(H,27,28). The third-order valence-electron chi connectivity index (χ3n) is 4.53. The molecule has 4 nitrogen and oxygen atoms in total. The minimum absolute atomic E-state index is 0.150. The molecule has 0 spiro atoms. The number of benzene rings is 3. The first-order valence-corrected chi connectivity index (χ1v) is 10.5. The Morgan fingerprint density at radius 1 is 0.933 bits per heavy atom. The van der Waals surface area contributed by atoms with Gasteiger partial charge in [-0.1, -0.05) is 31.2 Å². The molecule has 0 aliphatic carbocycles. The van der Waals surface area contributed by atoms with Crippen LogP contribution in [0, 0.1) is 12.7 Å². The zero-order valence-electron chi connectivity index (χ0n) is 16.8. The van der Waals surface area contributed by atoms with E-state index in [4.69, 9.17) is 0 Å². The summed E-state index contributed by atoms with van der Waals surface area (Å²) in [7, 11) is 0. The Morgan fingerprint density at radius 2 is 1.67 bits per heavy atom. The van der Waals surface area contributed by atoms with Crippen LogP contribution in [0.5, 0.6) is 0 Å². The Balaban J connectivity index is 1.67. The normalized spacial score (nSPS) is 11.6. The van der Waals surface area contributed by atoms with Crippen LogP contribution in [0.25, 0.3) is 0 Å². The first kappa shape index (κ1) is 21.6. The lowest BCUT2D eigenvalue weighted by molar-refractivity contribution is -0.115. The molecular formula is C24H23FN2O2S. The third kappa shape index (κ3) is 5.70. The zero-order valence-corrected chi connectivity index (χ0v) is 17.6. The van der Waals surface area contributed by atoms with Gasteiger partial charge >= 0.3 is 0 Å².